The van der Waals surface area contributed by atoms with Gasteiger partial charge in [-0.3, -0.25) is 0 Å². The number of sulfonamides is 1. The first kappa shape index (κ1) is 15.9. The Morgan fingerprint density at radius 2 is 1.81 bits per heavy atom. The van der Waals surface area contributed by atoms with Crippen LogP contribution >= 0.6 is 0 Å². The molecule has 0 saturated heterocycles. The molecule has 2 aromatic rings. The number of rotatable bonds is 8. The molecule has 0 fully saturated rings. The molecule has 4 nitrogen and oxygen atoms in total. The zero-order valence-electron chi connectivity index (χ0n) is 12.2. The first-order valence-electron chi connectivity index (χ1n) is 7.19. The Labute approximate surface area is 126 Å². The highest BCUT2D eigenvalue weighted by molar-refractivity contribution is 7.89. The van der Waals surface area contributed by atoms with Gasteiger partial charge in [-0.25, -0.2) is 13.1 Å². The van der Waals surface area contributed by atoms with E-state index in [1.807, 2.05) is 37.3 Å². The molecule has 0 aromatic heterocycles. The SMILES string of the molecule is CCCOCCCNS(=O)(=O)c1ccc2ccccc2c1. The number of nitrogens with one attached hydrogen (secondary N) is 1. The maximum absolute atomic E-state index is 12.2. The number of fused-ring (bicyclic) bond motifs is 1. The Bertz CT molecular complexity index is 683. The van der Waals surface area contributed by atoms with E-state index >= 15 is 0 Å². The Morgan fingerprint density at radius 3 is 2.57 bits per heavy atom. The van der Waals surface area contributed by atoms with Crippen molar-refractivity contribution >= 4 is 20.8 Å². The van der Waals surface area contributed by atoms with Crippen LogP contribution in [0.1, 0.15) is 19.8 Å². The van der Waals surface area contributed by atoms with E-state index in [1.54, 1.807) is 12.1 Å². The van der Waals surface area contributed by atoms with Gasteiger partial charge in [0.05, 0.1) is 4.90 Å². The normalized spacial score (nSPS) is 11.9. The lowest BCUT2D eigenvalue weighted by atomic mass is 10.1. The van der Waals surface area contributed by atoms with Gasteiger partial charge >= 0.3 is 0 Å². The van der Waals surface area contributed by atoms with Gasteiger partial charge in [0, 0.05) is 19.8 Å². The van der Waals surface area contributed by atoms with Crippen LogP contribution in [0.4, 0.5) is 0 Å². The fraction of sp³-hybridized carbons (Fsp3) is 0.375. The summed E-state index contributed by atoms with van der Waals surface area (Å²) >= 11 is 0. The molecule has 21 heavy (non-hydrogen) atoms. The number of hydrogen-bond donors (Lipinski definition) is 1. The van der Waals surface area contributed by atoms with Crippen molar-refractivity contribution in [2.75, 3.05) is 19.8 Å². The predicted octanol–water partition coefficient (Wildman–Crippen LogP) is 2.93. The van der Waals surface area contributed by atoms with Crippen LogP contribution < -0.4 is 4.72 Å². The molecule has 1 N–H and O–H groups in total. The molecule has 0 bridgehead atoms. The fourth-order valence-corrected chi connectivity index (χ4v) is 3.15. The van der Waals surface area contributed by atoms with Crippen LogP contribution in [0, 0.1) is 0 Å². The summed E-state index contributed by atoms with van der Waals surface area (Å²) in [6.45, 7) is 3.73. The molecule has 2 rings (SSSR count). The quantitative estimate of drug-likeness (QED) is 0.763. The molecular formula is C16H21NO3S. The number of ether oxygens (including phenoxy) is 1. The van der Waals surface area contributed by atoms with Crippen LogP contribution in [0.25, 0.3) is 10.8 Å². The molecule has 114 valence electrons. The van der Waals surface area contributed by atoms with E-state index in [4.69, 9.17) is 4.74 Å². The highest BCUT2D eigenvalue weighted by atomic mass is 32.2. The van der Waals surface area contributed by atoms with Crippen molar-refractivity contribution in [3.8, 4) is 0 Å². The Hall–Kier alpha value is -1.43. The van der Waals surface area contributed by atoms with Crippen molar-refractivity contribution < 1.29 is 13.2 Å². The van der Waals surface area contributed by atoms with Crippen LogP contribution in [-0.4, -0.2) is 28.2 Å². The average molecular weight is 307 g/mol. The molecular weight excluding hydrogens is 286 g/mol. The van der Waals surface area contributed by atoms with Crippen molar-refractivity contribution in [1.82, 2.24) is 4.72 Å². The maximum Gasteiger partial charge on any atom is 0.240 e. The molecule has 0 saturated carbocycles. The largest absolute Gasteiger partial charge is 0.381 e. The first-order valence-corrected chi connectivity index (χ1v) is 8.68. The molecule has 0 atom stereocenters. The third-order valence-corrected chi connectivity index (χ3v) is 4.60. The minimum absolute atomic E-state index is 0.302. The summed E-state index contributed by atoms with van der Waals surface area (Å²) in [5.41, 5.74) is 0. The summed E-state index contributed by atoms with van der Waals surface area (Å²) in [5, 5.41) is 1.95. The van der Waals surface area contributed by atoms with Crippen molar-refractivity contribution in [1.29, 1.82) is 0 Å². The first-order chi connectivity index (χ1) is 10.1. The Morgan fingerprint density at radius 1 is 1.05 bits per heavy atom. The summed E-state index contributed by atoms with van der Waals surface area (Å²) in [6, 6.07) is 12.9. The molecule has 0 aliphatic carbocycles. The van der Waals surface area contributed by atoms with E-state index < -0.39 is 10.0 Å². The van der Waals surface area contributed by atoms with Crippen molar-refractivity contribution in [3.63, 3.8) is 0 Å². The molecule has 0 aliphatic rings. The van der Waals surface area contributed by atoms with E-state index in [-0.39, 0.29) is 0 Å². The second-order valence-corrected chi connectivity index (χ2v) is 6.64. The number of benzene rings is 2. The van der Waals surface area contributed by atoms with Crippen molar-refractivity contribution in [2.45, 2.75) is 24.7 Å². The van der Waals surface area contributed by atoms with Crippen LogP contribution in [-0.2, 0) is 14.8 Å². The van der Waals surface area contributed by atoms with E-state index in [2.05, 4.69) is 4.72 Å². The van der Waals surface area contributed by atoms with E-state index in [0.717, 1.165) is 23.8 Å². The molecule has 0 aliphatic heterocycles. The van der Waals surface area contributed by atoms with Crippen molar-refractivity contribution in [3.05, 3.63) is 42.5 Å². The fourth-order valence-electron chi connectivity index (χ4n) is 2.05. The zero-order valence-corrected chi connectivity index (χ0v) is 13.0. The summed E-state index contributed by atoms with van der Waals surface area (Å²) in [4.78, 5) is 0.302. The zero-order chi connectivity index (χ0) is 15.1. The highest BCUT2D eigenvalue weighted by Gasteiger charge is 2.13. The lowest BCUT2D eigenvalue weighted by Gasteiger charge is -2.08. The molecule has 0 radical (unpaired) electrons. The molecule has 0 amide bonds. The van der Waals surface area contributed by atoms with Crippen LogP contribution in [0.2, 0.25) is 0 Å². The standard InChI is InChI=1S/C16H21NO3S/c1-2-11-20-12-5-10-17-21(18,19)16-9-8-14-6-3-4-7-15(14)13-16/h3-4,6-9,13,17H,2,5,10-12H2,1H3. The molecule has 0 spiro atoms. The van der Waals surface area contributed by atoms with E-state index in [9.17, 15) is 8.42 Å². The molecule has 0 heterocycles. The smallest absolute Gasteiger partial charge is 0.240 e. The third kappa shape index (κ3) is 4.52. The molecule has 2 aromatic carbocycles. The maximum atomic E-state index is 12.2. The second kappa shape index (κ2) is 7.54. The summed E-state index contributed by atoms with van der Waals surface area (Å²) in [5.74, 6) is 0. The van der Waals surface area contributed by atoms with Crippen molar-refractivity contribution in [2.24, 2.45) is 0 Å². The lowest BCUT2D eigenvalue weighted by Crippen LogP contribution is -2.25. The molecule has 0 unspecified atom stereocenters. The lowest BCUT2D eigenvalue weighted by molar-refractivity contribution is 0.133. The summed E-state index contributed by atoms with van der Waals surface area (Å²) in [7, 11) is -3.45. The van der Waals surface area contributed by atoms with Gasteiger partial charge in [-0.05, 0) is 35.7 Å². The van der Waals surface area contributed by atoms with E-state index in [0.29, 0.717) is 24.5 Å². The van der Waals surface area contributed by atoms with Gasteiger partial charge in [0.25, 0.3) is 0 Å². The van der Waals surface area contributed by atoms with Crippen LogP contribution in [0.15, 0.2) is 47.4 Å². The molecule has 5 heteroatoms. The summed E-state index contributed by atoms with van der Waals surface area (Å²) in [6.07, 6.45) is 1.65. The van der Waals surface area contributed by atoms with Gasteiger partial charge in [0.1, 0.15) is 0 Å². The van der Waals surface area contributed by atoms with Gasteiger partial charge in [-0.15, -0.1) is 0 Å². The highest BCUT2D eigenvalue weighted by Crippen LogP contribution is 2.18. The minimum Gasteiger partial charge on any atom is -0.381 e. The Balaban J connectivity index is 1.97. The number of hydrogen-bond acceptors (Lipinski definition) is 3. The van der Waals surface area contributed by atoms with E-state index in [1.165, 1.54) is 0 Å². The average Bonchev–Trinajstić information content (AvgIpc) is 2.50. The third-order valence-electron chi connectivity index (χ3n) is 3.14. The second-order valence-electron chi connectivity index (χ2n) is 4.87. The van der Waals surface area contributed by atoms with Gasteiger partial charge in [0.15, 0.2) is 0 Å². The van der Waals surface area contributed by atoms with Gasteiger partial charge in [-0.1, -0.05) is 37.3 Å². The van der Waals surface area contributed by atoms with Gasteiger partial charge in [-0.2, -0.15) is 0 Å². The predicted molar refractivity (Wildman–Crippen MR) is 84.9 cm³/mol. The monoisotopic (exact) mass is 307 g/mol. The van der Waals surface area contributed by atoms with Gasteiger partial charge in [0.2, 0.25) is 10.0 Å². The summed E-state index contributed by atoms with van der Waals surface area (Å²) < 4.78 is 32.4. The van der Waals surface area contributed by atoms with Gasteiger partial charge < -0.3 is 4.74 Å². The van der Waals surface area contributed by atoms with Crippen LogP contribution in [0.5, 0.6) is 0 Å². The topological polar surface area (TPSA) is 55.4 Å². The van der Waals surface area contributed by atoms with Crippen LogP contribution in [0.3, 0.4) is 0 Å². The minimum atomic E-state index is -3.45. The Kier molecular flexibility index (Phi) is 5.73.